The summed E-state index contributed by atoms with van der Waals surface area (Å²) >= 11 is 0. The number of amides is 1. The Bertz CT molecular complexity index is 716. The molecule has 0 fully saturated rings. The second-order valence-electron chi connectivity index (χ2n) is 5.03. The summed E-state index contributed by atoms with van der Waals surface area (Å²) in [5.41, 5.74) is 2.89. The van der Waals surface area contributed by atoms with E-state index in [0.29, 0.717) is 30.6 Å². The second-order valence-corrected chi connectivity index (χ2v) is 5.03. The van der Waals surface area contributed by atoms with E-state index in [9.17, 15) is 9.59 Å². The van der Waals surface area contributed by atoms with E-state index in [1.54, 1.807) is 35.6 Å². The number of carbonyl (C=O) groups excluding carboxylic acids is 2. The largest absolute Gasteiger partial charge is 0.465 e. The summed E-state index contributed by atoms with van der Waals surface area (Å²) in [6.45, 7) is 0.997. The van der Waals surface area contributed by atoms with Gasteiger partial charge in [0.05, 0.1) is 12.7 Å². The van der Waals surface area contributed by atoms with Crippen LogP contribution in [-0.2, 0) is 17.7 Å². The van der Waals surface area contributed by atoms with Gasteiger partial charge in [-0.15, -0.1) is 0 Å². The fraction of sp³-hybridized carbons (Fsp3) is 0.250. The first kappa shape index (κ1) is 14.2. The van der Waals surface area contributed by atoms with E-state index >= 15 is 0 Å². The first-order chi connectivity index (χ1) is 10.7. The minimum absolute atomic E-state index is 0.0449. The quantitative estimate of drug-likeness (QED) is 0.785. The van der Waals surface area contributed by atoms with Crippen LogP contribution in [0.2, 0.25) is 0 Å². The Balaban J connectivity index is 1.86. The highest BCUT2D eigenvalue weighted by molar-refractivity contribution is 5.94. The summed E-state index contributed by atoms with van der Waals surface area (Å²) < 4.78 is 4.78. The van der Waals surface area contributed by atoms with E-state index in [0.717, 1.165) is 11.1 Å². The van der Waals surface area contributed by atoms with Gasteiger partial charge in [0.1, 0.15) is 0 Å². The van der Waals surface area contributed by atoms with Crippen molar-refractivity contribution in [2.24, 2.45) is 0 Å². The van der Waals surface area contributed by atoms with Crippen LogP contribution in [0.4, 0.5) is 0 Å². The molecule has 1 aliphatic rings. The molecule has 0 spiro atoms. The zero-order valence-corrected chi connectivity index (χ0v) is 12.2. The number of carbonyl (C=O) groups is 2. The number of hydrogen-bond donors (Lipinski definition) is 0. The van der Waals surface area contributed by atoms with Gasteiger partial charge < -0.3 is 9.64 Å². The van der Waals surface area contributed by atoms with Crippen molar-refractivity contribution in [3.8, 4) is 0 Å². The van der Waals surface area contributed by atoms with Crippen LogP contribution in [0.1, 0.15) is 31.8 Å². The molecule has 0 atom stereocenters. The molecule has 3 heterocycles. The lowest BCUT2D eigenvalue weighted by Gasteiger charge is -2.29. The predicted octanol–water partition coefficient (Wildman–Crippen LogP) is 1.46. The molecule has 3 rings (SSSR count). The van der Waals surface area contributed by atoms with Crippen molar-refractivity contribution in [3.63, 3.8) is 0 Å². The van der Waals surface area contributed by atoms with Crippen molar-refractivity contribution < 1.29 is 14.3 Å². The molecule has 0 bridgehead atoms. The maximum atomic E-state index is 12.5. The number of pyridine rings is 2. The molecule has 1 aliphatic heterocycles. The van der Waals surface area contributed by atoms with Gasteiger partial charge in [-0.25, -0.2) is 4.79 Å². The van der Waals surface area contributed by atoms with Crippen molar-refractivity contribution in [2.75, 3.05) is 13.7 Å². The van der Waals surface area contributed by atoms with Crippen molar-refractivity contribution in [1.82, 2.24) is 14.9 Å². The molecule has 0 saturated carbocycles. The molecule has 0 saturated heterocycles. The number of fused-ring (bicyclic) bond motifs is 1. The van der Waals surface area contributed by atoms with Gasteiger partial charge in [0.25, 0.3) is 5.91 Å². The van der Waals surface area contributed by atoms with Gasteiger partial charge in [-0.05, 0) is 29.7 Å². The van der Waals surface area contributed by atoms with Gasteiger partial charge >= 0.3 is 5.97 Å². The van der Waals surface area contributed by atoms with Crippen LogP contribution in [0.15, 0.2) is 36.9 Å². The van der Waals surface area contributed by atoms with E-state index in [2.05, 4.69) is 9.97 Å². The Labute approximate surface area is 127 Å². The first-order valence-corrected chi connectivity index (χ1v) is 6.94. The van der Waals surface area contributed by atoms with Crippen molar-refractivity contribution in [1.29, 1.82) is 0 Å². The van der Waals surface area contributed by atoms with Crippen LogP contribution in [0, 0.1) is 0 Å². The topological polar surface area (TPSA) is 72.4 Å². The minimum Gasteiger partial charge on any atom is -0.465 e. The Kier molecular flexibility index (Phi) is 3.82. The number of rotatable bonds is 2. The van der Waals surface area contributed by atoms with Crippen LogP contribution in [0.3, 0.4) is 0 Å². The summed E-state index contributed by atoms with van der Waals surface area (Å²) in [5.74, 6) is -0.435. The average Bonchev–Trinajstić information content (AvgIpc) is 2.60. The predicted molar refractivity (Wildman–Crippen MR) is 78.3 cm³/mol. The Morgan fingerprint density at radius 3 is 2.68 bits per heavy atom. The van der Waals surface area contributed by atoms with Gasteiger partial charge in [-0.1, -0.05) is 0 Å². The normalized spacial score (nSPS) is 13.4. The zero-order chi connectivity index (χ0) is 15.5. The van der Waals surface area contributed by atoms with Crippen LogP contribution in [-0.4, -0.2) is 40.4 Å². The molecule has 2 aromatic heterocycles. The van der Waals surface area contributed by atoms with Crippen LogP contribution in [0.5, 0.6) is 0 Å². The Morgan fingerprint density at radius 1 is 1.18 bits per heavy atom. The lowest BCUT2D eigenvalue weighted by atomic mass is 9.96. The highest BCUT2D eigenvalue weighted by Crippen LogP contribution is 2.23. The fourth-order valence-corrected chi connectivity index (χ4v) is 2.63. The molecule has 1 amide bonds. The number of aromatic nitrogens is 2. The smallest absolute Gasteiger partial charge is 0.339 e. The van der Waals surface area contributed by atoms with E-state index in [1.165, 1.54) is 13.3 Å². The lowest BCUT2D eigenvalue weighted by molar-refractivity contribution is 0.0598. The van der Waals surface area contributed by atoms with Gasteiger partial charge in [-0.2, -0.15) is 0 Å². The molecule has 0 aliphatic carbocycles. The van der Waals surface area contributed by atoms with Crippen LogP contribution >= 0.6 is 0 Å². The number of esters is 1. The molecule has 0 N–H and O–H groups in total. The maximum Gasteiger partial charge on any atom is 0.339 e. The summed E-state index contributed by atoms with van der Waals surface area (Å²) in [7, 11) is 1.35. The highest BCUT2D eigenvalue weighted by atomic mass is 16.5. The number of methoxy groups -OCH3 is 1. The van der Waals surface area contributed by atoms with E-state index < -0.39 is 5.97 Å². The summed E-state index contributed by atoms with van der Waals surface area (Å²) in [6, 6.07) is 3.39. The first-order valence-electron chi connectivity index (χ1n) is 6.94. The highest BCUT2D eigenvalue weighted by Gasteiger charge is 2.25. The molecule has 112 valence electrons. The van der Waals surface area contributed by atoms with Gasteiger partial charge in [0.15, 0.2) is 0 Å². The van der Waals surface area contributed by atoms with Crippen LogP contribution in [0.25, 0.3) is 0 Å². The van der Waals surface area contributed by atoms with Gasteiger partial charge in [0, 0.05) is 43.4 Å². The molecular weight excluding hydrogens is 282 g/mol. The summed E-state index contributed by atoms with van der Waals surface area (Å²) in [4.78, 5) is 34.0. The van der Waals surface area contributed by atoms with Gasteiger partial charge in [-0.3, -0.25) is 14.8 Å². The fourth-order valence-electron chi connectivity index (χ4n) is 2.63. The molecular formula is C16H15N3O3. The molecule has 0 radical (unpaired) electrons. The lowest BCUT2D eigenvalue weighted by Crippen LogP contribution is -2.36. The Hall–Kier alpha value is -2.76. The summed E-state index contributed by atoms with van der Waals surface area (Å²) in [6.07, 6.45) is 7.03. The molecule has 0 aromatic carbocycles. The average molecular weight is 297 g/mol. The molecule has 6 heteroatoms. The molecule has 2 aromatic rings. The zero-order valence-electron chi connectivity index (χ0n) is 12.2. The standard InChI is InChI=1S/C16H15N3O3/c1-22-16(21)14-9-18-8-12-10-19(7-4-13(12)14)15(20)11-2-5-17-6-3-11/h2-3,5-6,8-9H,4,7,10H2,1H3. The Morgan fingerprint density at radius 2 is 1.95 bits per heavy atom. The van der Waals surface area contributed by atoms with Crippen LogP contribution < -0.4 is 0 Å². The third kappa shape index (κ3) is 2.55. The molecule has 6 nitrogen and oxygen atoms in total. The molecule has 0 unspecified atom stereocenters. The summed E-state index contributed by atoms with van der Waals surface area (Å²) in [5, 5.41) is 0. The van der Waals surface area contributed by atoms with Crippen molar-refractivity contribution >= 4 is 11.9 Å². The van der Waals surface area contributed by atoms with E-state index in [1.807, 2.05) is 0 Å². The van der Waals surface area contributed by atoms with Gasteiger partial charge in [0.2, 0.25) is 0 Å². The second kappa shape index (κ2) is 5.93. The third-order valence-electron chi connectivity index (χ3n) is 3.76. The third-order valence-corrected chi connectivity index (χ3v) is 3.76. The minimum atomic E-state index is -0.390. The monoisotopic (exact) mass is 297 g/mol. The molecule has 22 heavy (non-hydrogen) atoms. The number of hydrogen-bond acceptors (Lipinski definition) is 5. The maximum absolute atomic E-state index is 12.5. The number of nitrogens with zero attached hydrogens (tertiary/aromatic N) is 3. The van der Waals surface area contributed by atoms with Crippen molar-refractivity contribution in [2.45, 2.75) is 13.0 Å². The van der Waals surface area contributed by atoms with Crippen molar-refractivity contribution in [3.05, 3.63) is 59.2 Å². The van der Waals surface area contributed by atoms with E-state index in [4.69, 9.17) is 4.74 Å². The van der Waals surface area contributed by atoms with E-state index in [-0.39, 0.29) is 5.91 Å². The SMILES string of the molecule is COC(=O)c1cncc2c1CCN(C(=O)c1ccncc1)C2. The number of ether oxygens (including phenoxy) is 1.